The first-order chi connectivity index (χ1) is 10.2. The van der Waals surface area contributed by atoms with Gasteiger partial charge in [0.15, 0.2) is 6.61 Å². The zero-order valence-corrected chi connectivity index (χ0v) is 11.6. The van der Waals surface area contributed by atoms with Gasteiger partial charge in [-0.25, -0.2) is 0 Å². The molecule has 3 rings (SSSR count). The lowest BCUT2D eigenvalue weighted by Crippen LogP contribution is -2.12. The number of carbonyl (C=O) groups is 2. The minimum atomic E-state index is -0.451. The number of rotatable bonds is 3. The second kappa shape index (κ2) is 5.37. The van der Waals surface area contributed by atoms with Crippen molar-refractivity contribution >= 4 is 33.3 Å². The van der Waals surface area contributed by atoms with E-state index >= 15 is 0 Å². The van der Waals surface area contributed by atoms with Gasteiger partial charge in [0.25, 0.3) is 0 Å². The molecule has 0 bridgehead atoms. The molecule has 0 aliphatic heterocycles. The van der Waals surface area contributed by atoms with Crippen molar-refractivity contribution in [3.8, 4) is 0 Å². The molecule has 3 nitrogen and oxygen atoms in total. The van der Waals surface area contributed by atoms with Gasteiger partial charge in [-0.2, -0.15) is 0 Å². The van der Waals surface area contributed by atoms with E-state index in [0.717, 1.165) is 21.5 Å². The fourth-order valence-corrected chi connectivity index (χ4v) is 2.53. The summed E-state index contributed by atoms with van der Waals surface area (Å²) in [6.45, 7) is 1.07. The van der Waals surface area contributed by atoms with Gasteiger partial charge in [0.2, 0.25) is 5.78 Å². The SMILES string of the molecule is CC(=O)OCC(=O)c1cc2ccccc2c2ccccc12. The number of esters is 1. The maximum atomic E-state index is 12.3. The van der Waals surface area contributed by atoms with Crippen LogP contribution in [0.2, 0.25) is 0 Å². The standard InChI is InChI=1S/C18H14O3/c1-12(19)21-11-18(20)17-10-13-6-2-3-7-14(13)15-8-4-5-9-16(15)17/h2-10H,11H2,1H3. The molecule has 21 heavy (non-hydrogen) atoms. The highest BCUT2D eigenvalue weighted by molar-refractivity contribution is 6.18. The van der Waals surface area contributed by atoms with Gasteiger partial charge in [-0.15, -0.1) is 0 Å². The van der Waals surface area contributed by atoms with Crippen LogP contribution in [-0.2, 0) is 9.53 Å². The highest BCUT2D eigenvalue weighted by Gasteiger charge is 2.13. The Morgan fingerprint density at radius 2 is 1.52 bits per heavy atom. The fraction of sp³-hybridized carbons (Fsp3) is 0.111. The summed E-state index contributed by atoms with van der Waals surface area (Å²) in [5.74, 6) is -0.638. The molecule has 0 saturated carbocycles. The van der Waals surface area contributed by atoms with E-state index in [1.54, 1.807) is 0 Å². The van der Waals surface area contributed by atoms with Crippen molar-refractivity contribution in [3.05, 3.63) is 60.2 Å². The number of hydrogen-bond donors (Lipinski definition) is 0. The smallest absolute Gasteiger partial charge is 0.303 e. The maximum absolute atomic E-state index is 12.3. The molecule has 3 aromatic carbocycles. The Balaban J connectivity index is 2.20. The van der Waals surface area contributed by atoms with Gasteiger partial charge in [-0.05, 0) is 27.6 Å². The first-order valence-corrected chi connectivity index (χ1v) is 6.74. The second-order valence-corrected chi connectivity index (χ2v) is 4.89. The average molecular weight is 278 g/mol. The summed E-state index contributed by atoms with van der Waals surface area (Å²) in [6.07, 6.45) is 0. The predicted octanol–water partition coefficient (Wildman–Crippen LogP) is 3.74. The summed E-state index contributed by atoms with van der Waals surface area (Å²) < 4.78 is 4.83. The summed E-state index contributed by atoms with van der Waals surface area (Å²) in [5, 5.41) is 4.02. The number of ketones is 1. The van der Waals surface area contributed by atoms with Gasteiger partial charge in [-0.1, -0.05) is 48.5 Å². The molecule has 0 fully saturated rings. The van der Waals surface area contributed by atoms with Crippen molar-refractivity contribution in [2.24, 2.45) is 0 Å². The Hall–Kier alpha value is -2.68. The predicted molar refractivity (Wildman–Crippen MR) is 82.4 cm³/mol. The van der Waals surface area contributed by atoms with E-state index in [2.05, 4.69) is 0 Å². The van der Waals surface area contributed by atoms with Gasteiger partial charge in [0, 0.05) is 12.5 Å². The molecule has 0 aliphatic rings. The van der Waals surface area contributed by atoms with Crippen LogP contribution in [0.3, 0.4) is 0 Å². The third-order valence-corrected chi connectivity index (χ3v) is 3.47. The van der Waals surface area contributed by atoms with E-state index in [1.165, 1.54) is 6.92 Å². The van der Waals surface area contributed by atoms with Crippen LogP contribution >= 0.6 is 0 Å². The molecular formula is C18H14O3. The number of carbonyl (C=O) groups excluding carboxylic acids is 2. The minimum absolute atomic E-state index is 0.188. The quantitative estimate of drug-likeness (QED) is 0.416. The van der Waals surface area contributed by atoms with Gasteiger partial charge in [-0.3, -0.25) is 9.59 Å². The van der Waals surface area contributed by atoms with E-state index in [0.29, 0.717) is 5.56 Å². The second-order valence-electron chi connectivity index (χ2n) is 4.89. The number of Topliss-reactive ketones (excluding diaryl/α,β-unsaturated/α-hetero) is 1. The minimum Gasteiger partial charge on any atom is -0.457 e. The zero-order valence-electron chi connectivity index (χ0n) is 11.6. The van der Waals surface area contributed by atoms with Crippen molar-refractivity contribution in [1.82, 2.24) is 0 Å². The van der Waals surface area contributed by atoms with Crippen LogP contribution in [0.5, 0.6) is 0 Å². The highest BCUT2D eigenvalue weighted by Crippen LogP contribution is 2.28. The van der Waals surface area contributed by atoms with Gasteiger partial charge in [0.05, 0.1) is 0 Å². The normalized spacial score (nSPS) is 10.7. The Morgan fingerprint density at radius 1 is 0.905 bits per heavy atom. The number of fused-ring (bicyclic) bond motifs is 3. The first-order valence-electron chi connectivity index (χ1n) is 6.74. The Bertz CT molecular complexity index is 849. The monoisotopic (exact) mass is 278 g/mol. The lowest BCUT2D eigenvalue weighted by Gasteiger charge is -2.09. The van der Waals surface area contributed by atoms with Crippen LogP contribution in [0.25, 0.3) is 21.5 Å². The molecule has 0 unspecified atom stereocenters. The fourth-order valence-electron chi connectivity index (χ4n) is 2.53. The summed E-state index contributed by atoms with van der Waals surface area (Å²) in [7, 11) is 0. The molecule has 104 valence electrons. The summed E-state index contributed by atoms with van der Waals surface area (Å²) in [5.41, 5.74) is 0.588. The summed E-state index contributed by atoms with van der Waals surface area (Å²) in [4.78, 5) is 23.2. The lowest BCUT2D eigenvalue weighted by molar-refractivity contribution is -0.139. The molecule has 0 amide bonds. The van der Waals surface area contributed by atoms with E-state index in [9.17, 15) is 9.59 Å². The van der Waals surface area contributed by atoms with Crippen molar-refractivity contribution in [3.63, 3.8) is 0 Å². The van der Waals surface area contributed by atoms with Crippen LogP contribution in [0.4, 0.5) is 0 Å². The molecule has 0 heterocycles. The van der Waals surface area contributed by atoms with Crippen molar-refractivity contribution in [2.75, 3.05) is 6.61 Å². The van der Waals surface area contributed by atoms with Crippen molar-refractivity contribution < 1.29 is 14.3 Å². The number of benzene rings is 3. The molecule has 0 aromatic heterocycles. The van der Waals surface area contributed by atoms with Crippen molar-refractivity contribution in [2.45, 2.75) is 6.92 Å². The molecule has 0 saturated heterocycles. The van der Waals surface area contributed by atoms with Crippen LogP contribution in [-0.4, -0.2) is 18.4 Å². The third-order valence-electron chi connectivity index (χ3n) is 3.47. The van der Waals surface area contributed by atoms with Crippen molar-refractivity contribution in [1.29, 1.82) is 0 Å². The molecular weight excluding hydrogens is 264 g/mol. The average Bonchev–Trinajstić information content (AvgIpc) is 2.51. The molecule has 0 atom stereocenters. The first kappa shape index (κ1) is 13.3. The van der Waals surface area contributed by atoms with Crippen LogP contribution in [0, 0.1) is 0 Å². The van der Waals surface area contributed by atoms with E-state index in [1.807, 2.05) is 54.6 Å². The molecule has 3 aromatic rings. The summed E-state index contributed by atoms with van der Waals surface area (Å²) >= 11 is 0. The molecule has 0 N–H and O–H groups in total. The van der Waals surface area contributed by atoms with E-state index in [4.69, 9.17) is 4.74 Å². The van der Waals surface area contributed by atoms with E-state index < -0.39 is 5.97 Å². The molecule has 0 radical (unpaired) electrons. The Kier molecular flexibility index (Phi) is 3.40. The largest absolute Gasteiger partial charge is 0.457 e. The number of ether oxygens (including phenoxy) is 1. The van der Waals surface area contributed by atoms with Gasteiger partial charge >= 0.3 is 5.97 Å². The van der Waals surface area contributed by atoms with Crippen LogP contribution in [0.15, 0.2) is 54.6 Å². The Labute approximate surface area is 122 Å². The molecule has 3 heteroatoms. The van der Waals surface area contributed by atoms with Crippen LogP contribution < -0.4 is 0 Å². The molecule has 0 aliphatic carbocycles. The zero-order chi connectivity index (χ0) is 14.8. The van der Waals surface area contributed by atoms with Crippen LogP contribution in [0.1, 0.15) is 17.3 Å². The lowest BCUT2D eigenvalue weighted by atomic mass is 9.95. The summed E-state index contributed by atoms with van der Waals surface area (Å²) in [6, 6.07) is 17.6. The Morgan fingerprint density at radius 3 is 2.24 bits per heavy atom. The van der Waals surface area contributed by atoms with E-state index in [-0.39, 0.29) is 12.4 Å². The molecule has 0 spiro atoms. The maximum Gasteiger partial charge on any atom is 0.303 e. The number of hydrogen-bond acceptors (Lipinski definition) is 3. The highest BCUT2D eigenvalue weighted by atomic mass is 16.5. The van der Waals surface area contributed by atoms with Gasteiger partial charge < -0.3 is 4.74 Å². The van der Waals surface area contributed by atoms with Gasteiger partial charge in [0.1, 0.15) is 0 Å². The topological polar surface area (TPSA) is 43.4 Å². The third kappa shape index (κ3) is 2.50.